The maximum atomic E-state index is 10.8. The molecule has 6 nitrogen and oxygen atoms in total. The Morgan fingerprint density at radius 2 is 1.75 bits per heavy atom. The lowest BCUT2D eigenvalue weighted by Crippen LogP contribution is -2.48. The zero-order chi connectivity index (χ0) is 18.8. The summed E-state index contributed by atoms with van der Waals surface area (Å²) in [5.41, 5.74) is 0.928. The monoisotopic (exact) mass is 356 g/mol. The first kappa shape index (κ1) is 22.3. The second-order valence-electron chi connectivity index (χ2n) is 5.74. The molecule has 1 amide bonds. The molecule has 0 aliphatic rings. The van der Waals surface area contributed by atoms with Crippen molar-refractivity contribution in [2.24, 2.45) is 0 Å². The van der Waals surface area contributed by atoms with Crippen LogP contribution in [0.5, 0.6) is 0 Å². The van der Waals surface area contributed by atoms with Gasteiger partial charge >= 0.3 is 0 Å². The number of amides is 1. The van der Waals surface area contributed by atoms with Crippen molar-refractivity contribution >= 4 is 16.0 Å². The molecule has 0 unspecified atom stereocenters. The van der Waals surface area contributed by atoms with E-state index in [1.165, 1.54) is 18.2 Å². The van der Waals surface area contributed by atoms with Gasteiger partial charge in [-0.2, -0.15) is 0 Å². The zero-order valence-electron chi connectivity index (χ0n) is 14.9. The van der Waals surface area contributed by atoms with Gasteiger partial charge in [-0.05, 0) is 39.0 Å². The van der Waals surface area contributed by atoms with Crippen molar-refractivity contribution in [3.8, 4) is 0 Å². The van der Waals surface area contributed by atoms with Crippen LogP contribution in [0.15, 0.2) is 41.8 Å². The van der Waals surface area contributed by atoms with Gasteiger partial charge < -0.3 is 14.4 Å². The summed E-state index contributed by atoms with van der Waals surface area (Å²) in [6, 6.07) is 5.78. The van der Waals surface area contributed by atoms with Crippen molar-refractivity contribution in [2.45, 2.75) is 25.7 Å². The standard InChI is InChI=1S/C10H20N2O.C7H8O3S/c1-5-10(13)11-8-9-12(4,6-2)7-3;1-6-2-4-7(5-3-6)11(8,9)10/h5H,1,6-9H2,2-4H3;2-5H,1H3,(H,8,9,10). The molecule has 0 atom stereocenters. The fourth-order valence-electron chi connectivity index (χ4n) is 1.77. The second-order valence-corrected chi connectivity index (χ2v) is 7.12. The number of nitrogens with zero attached hydrogens (tertiary/aromatic N) is 1. The third-order valence-corrected chi connectivity index (χ3v) is 4.82. The average Bonchev–Trinajstić information content (AvgIpc) is 2.54. The van der Waals surface area contributed by atoms with Gasteiger partial charge in [0.25, 0.3) is 0 Å². The molecule has 0 aliphatic heterocycles. The Labute approximate surface area is 145 Å². The lowest BCUT2D eigenvalue weighted by molar-refractivity contribution is -0.904. The van der Waals surface area contributed by atoms with Crippen LogP contribution < -0.4 is 5.32 Å². The van der Waals surface area contributed by atoms with Gasteiger partial charge in [0.05, 0.1) is 38.1 Å². The van der Waals surface area contributed by atoms with Gasteiger partial charge in [-0.1, -0.05) is 24.3 Å². The molecule has 0 aliphatic carbocycles. The Hall–Kier alpha value is -1.70. The van der Waals surface area contributed by atoms with Crippen molar-refractivity contribution in [2.75, 3.05) is 33.2 Å². The summed E-state index contributed by atoms with van der Waals surface area (Å²) in [5, 5.41) is 2.78. The van der Waals surface area contributed by atoms with Gasteiger partial charge in [-0.25, -0.2) is 8.42 Å². The van der Waals surface area contributed by atoms with Gasteiger partial charge in [0.2, 0.25) is 5.91 Å². The van der Waals surface area contributed by atoms with Crippen LogP contribution in [-0.2, 0) is 14.9 Å². The van der Waals surface area contributed by atoms with Crippen LogP contribution in [-0.4, -0.2) is 56.6 Å². The smallest absolute Gasteiger partial charge is 0.243 e. The number of rotatable bonds is 7. The van der Waals surface area contributed by atoms with E-state index in [1.54, 1.807) is 12.1 Å². The fourth-order valence-corrected chi connectivity index (χ4v) is 2.24. The topological polar surface area (TPSA) is 86.3 Å². The molecule has 0 saturated carbocycles. The molecule has 0 bridgehead atoms. The molecule has 1 aromatic rings. The minimum atomic E-state index is -4.27. The van der Waals surface area contributed by atoms with E-state index in [0.29, 0.717) is 0 Å². The number of benzene rings is 1. The number of nitrogens with one attached hydrogen (secondary N) is 1. The maximum absolute atomic E-state index is 10.8. The van der Waals surface area contributed by atoms with Crippen LogP contribution in [0.4, 0.5) is 0 Å². The van der Waals surface area contributed by atoms with E-state index >= 15 is 0 Å². The normalized spacial score (nSPS) is 11.2. The van der Waals surface area contributed by atoms with E-state index in [2.05, 4.69) is 32.8 Å². The summed E-state index contributed by atoms with van der Waals surface area (Å²) in [6.07, 6.45) is 1.31. The highest BCUT2D eigenvalue weighted by molar-refractivity contribution is 7.85. The third-order valence-electron chi connectivity index (χ3n) is 3.97. The van der Waals surface area contributed by atoms with Crippen molar-refractivity contribution in [3.05, 3.63) is 42.5 Å². The quantitative estimate of drug-likeness (QED) is 0.457. The van der Waals surface area contributed by atoms with E-state index in [0.717, 1.165) is 36.2 Å². The zero-order valence-corrected chi connectivity index (χ0v) is 15.7. The predicted molar refractivity (Wildman–Crippen MR) is 94.5 cm³/mol. The molecular formula is C17H28N2O4S. The highest BCUT2D eigenvalue weighted by atomic mass is 32.2. The van der Waals surface area contributed by atoms with Crippen LogP contribution in [0, 0.1) is 6.92 Å². The maximum Gasteiger partial charge on any atom is 0.243 e. The molecule has 0 saturated heterocycles. The summed E-state index contributed by atoms with van der Waals surface area (Å²) in [4.78, 5) is 10.7. The van der Waals surface area contributed by atoms with E-state index in [4.69, 9.17) is 0 Å². The molecule has 136 valence electrons. The Kier molecular flexibility index (Phi) is 9.50. The van der Waals surface area contributed by atoms with Crippen LogP contribution in [0.1, 0.15) is 19.4 Å². The minimum absolute atomic E-state index is 0.0845. The highest BCUT2D eigenvalue weighted by Gasteiger charge is 2.15. The highest BCUT2D eigenvalue weighted by Crippen LogP contribution is 2.08. The summed E-state index contributed by atoms with van der Waals surface area (Å²) in [6.45, 7) is 13.4. The predicted octanol–water partition coefficient (Wildman–Crippen LogP) is 1.67. The first-order chi connectivity index (χ1) is 11.1. The summed E-state index contributed by atoms with van der Waals surface area (Å²) < 4.78 is 32.2. The molecule has 1 N–H and O–H groups in total. The Balaban J connectivity index is 0.000000446. The van der Waals surface area contributed by atoms with E-state index in [1.807, 2.05) is 6.92 Å². The summed E-state index contributed by atoms with van der Waals surface area (Å²) >= 11 is 0. The Morgan fingerprint density at radius 3 is 2.12 bits per heavy atom. The van der Waals surface area contributed by atoms with E-state index in [9.17, 15) is 17.8 Å². The summed E-state index contributed by atoms with van der Waals surface area (Å²) in [7, 11) is -2.08. The van der Waals surface area contributed by atoms with Crippen molar-refractivity contribution in [3.63, 3.8) is 0 Å². The number of quaternary nitrogens is 1. The Bertz CT molecular complexity index is 620. The summed E-state index contributed by atoms with van der Waals surface area (Å²) in [5.74, 6) is -0.0845. The molecule has 0 heterocycles. The van der Waals surface area contributed by atoms with Crippen molar-refractivity contribution < 1.29 is 22.2 Å². The molecule has 0 spiro atoms. The molecule has 7 heteroatoms. The lowest BCUT2D eigenvalue weighted by atomic mass is 10.2. The van der Waals surface area contributed by atoms with Crippen molar-refractivity contribution in [1.82, 2.24) is 5.32 Å². The molecule has 1 rings (SSSR count). The number of carbonyl (C=O) groups is 1. The van der Waals surface area contributed by atoms with Gasteiger partial charge in [-0.15, -0.1) is 0 Å². The van der Waals surface area contributed by atoms with Crippen LogP contribution in [0.25, 0.3) is 0 Å². The molecule has 0 fully saturated rings. The van der Waals surface area contributed by atoms with Crippen LogP contribution in [0.3, 0.4) is 0 Å². The van der Waals surface area contributed by atoms with Gasteiger partial charge in [0, 0.05) is 0 Å². The van der Waals surface area contributed by atoms with E-state index < -0.39 is 10.1 Å². The van der Waals surface area contributed by atoms with Gasteiger partial charge in [-0.3, -0.25) is 4.79 Å². The number of hydrogen-bond acceptors (Lipinski definition) is 4. The molecule has 0 radical (unpaired) electrons. The molecule has 0 aromatic heterocycles. The lowest BCUT2D eigenvalue weighted by Gasteiger charge is -2.32. The largest absolute Gasteiger partial charge is 0.744 e. The first-order valence-electron chi connectivity index (χ1n) is 7.84. The number of aryl methyl sites for hydroxylation is 1. The van der Waals surface area contributed by atoms with Gasteiger partial charge in [0.15, 0.2) is 0 Å². The van der Waals surface area contributed by atoms with Crippen molar-refractivity contribution in [1.29, 1.82) is 0 Å². The Morgan fingerprint density at radius 1 is 1.25 bits per heavy atom. The number of carbonyl (C=O) groups excluding carboxylic acids is 1. The van der Waals surface area contributed by atoms with E-state index in [-0.39, 0.29) is 10.8 Å². The van der Waals surface area contributed by atoms with Gasteiger partial charge in [0.1, 0.15) is 10.1 Å². The number of hydrogen-bond donors (Lipinski definition) is 1. The SMILES string of the molecule is C=CC(=O)NCC[N+](C)(CC)CC.Cc1ccc(S(=O)(=O)[O-])cc1. The van der Waals surface area contributed by atoms with Crippen LogP contribution in [0.2, 0.25) is 0 Å². The second kappa shape index (κ2) is 10.2. The average molecular weight is 356 g/mol. The minimum Gasteiger partial charge on any atom is -0.744 e. The fraction of sp³-hybridized carbons (Fsp3) is 0.471. The molecule has 1 aromatic carbocycles. The molecule has 24 heavy (non-hydrogen) atoms. The molecular weight excluding hydrogens is 328 g/mol. The number of likely N-dealkylation sites (N-methyl/N-ethyl adjacent to an activating group) is 1. The first-order valence-corrected chi connectivity index (χ1v) is 9.25. The third kappa shape index (κ3) is 8.81. The van der Waals surface area contributed by atoms with Crippen LogP contribution >= 0.6 is 0 Å².